The third-order valence-electron chi connectivity index (χ3n) is 4.59. The Morgan fingerprint density at radius 2 is 2.17 bits per heavy atom. The monoisotopic (exact) mass is 254 g/mol. The first-order chi connectivity index (χ1) is 8.72. The molecule has 3 N–H and O–H groups in total. The summed E-state index contributed by atoms with van der Waals surface area (Å²) >= 11 is 0. The highest BCUT2D eigenvalue weighted by Crippen LogP contribution is 2.29. The summed E-state index contributed by atoms with van der Waals surface area (Å²) in [5.74, 6) is 1.21. The Bertz CT molecular complexity index is 277. The Morgan fingerprint density at radius 3 is 2.83 bits per heavy atom. The van der Waals surface area contributed by atoms with E-state index in [1.807, 2.05) is 0 Å². The molecule has 2 fully saturated rings. The van der Waals surface area contributed by atoms with Crippen LogP contribution in [0.3, 0.4) is 0 Å². The fourth-order valence-electron chi connectivity index (χ4n) is 3.23. The zero-order valence-electron chi connectivity index (χ0n) is 11.4. The van der Waals surface area contributed by atoms with Crippen molar-refractivity contribution in [3.8, 4) is 0 Å². The van der Waals surface area contributed by atoms with Crippen LogP contribution in [0.5, 0.6) is 0 Å². The summed E-state index contributed by atoms with van der Waals surface area (Å²) in [6, 6.07) is 0.223. The highest BCUT2D eigenvalue weighted by molar-refractivity contribution is 5.79. The molecule has 2 aliphatic rings. The fourth-order valence-corrected chi connectivity index (χ4v) is 3.23. The lowest BCUT2D eigenvalue weighted by atomic mass is 9.78. The third-order valence-corrected chi connectivity index (χ3v) is 4.59. The van der Waals surface area contributed by atoms with Gasteiger partial charge in [0.25, 0.3) is 0 Å². The predicted molar refractivity (Wildman–Crippen MR) is 71.0 cm³/mol. The van der Waals surface area contributed by atoms with Crippen LogP contribution in [-0.2, 0) is 9.53 Å². The van der Waals surface area contributed by atoms with Crippen LogP contribution in [0.1, 0.15) is 39.0 Å². The van der Waals surface area contributed by atoms with Crippen molar-refractivity contribution in [2.24, 2.45) is 23.5 Å². The van der Waals surface area contributed by atoms with Crippen molar-refractivity contribution in [3.63, 3.8) is 0 Å². The molecule has 0 radical (unpaired) electrons. The molecular weight excluding hydrogens is 228 g/mol. The summed E-state index contributed by atoms with van der Waals surface area (Å²) in [6.07, 6.45) is 5.55. The maximum Gasteiger partial charge on any atom is 0.223 e. The van der Waals surface area contributed by atoms with Gasteiger partial charge in [0.15, 0.2) is 0 Å². The summed E-state index contributed by atoms with van der Waals surface area (Å²) in [5.41, 5.74) is 5.78. The highest BCUT2D eigenvalue weighted by Gasteiger charge is 2.32. The molecule has 2 rings (SSSR count). The summed E-state index contributed by atoms with van der Waals surface area (Å²) in [7, 11) is 0. The van der Waals surface area contributed by atoms with Crippen LogP contribution in [-0.4, -0.2) is 31.7 Å². The third kappa shape index (κ3) is 3.23. The average Bonchev–Trinajstić information content (AvgIpc) is 2.92. The maximum atomic E-state index is 12.3. The zero-order valence-corrected chi connectivity index (χ0v) is 11.4. The summed E-state index contributed by atoms with van der Waals surface area (Å²) in [4.78, 5) is 12.3. The van der Waals surface area contributed by atoms with E-state index in [1.165, 1.54) is 6.42 Å². The first-order valence-electron chi connectivity index (χ1n) is 7.30. The second-order valence-electron chi connectivity index (χ2n) is 5.81. The minimum Gasteiger partial charge on any atom is -0.381 e. The molecule has 1 aliphatic heterocycles. The Morgan fingerprint density at radius 1 is 1.39 bits per heavy atom. The summed E-state index contributed by atoms with van der Waals surface area (Å²) < 4.78 is 5.38. The SMILES string of the molecule is CC(NC(=O)C1CCCCC1CN)C1CCOC1. The molecular formula is C14H26N2O2. The van der Waals surface area contributed by atoms with E-state index in [1.54, 1.807) is 0 Å². The van der Waals surface area contributed by atoms with Crippen LogP contribution in [0.25, 0.3) is 0 Å². The van der Waals surface area contributed by atoms with Crippen molar-refractivity contribution >= 4 is 5.91 Å². The Hall–Kier alpha value is -0.610. The van der Waals surface area contributed by atoms with Gasteiger partial charge in [0.1, 0.15) is 0 Å². The van der Waals surface area contributed by atoms with Crippen molar-refractivity contribution < 1.29 is 9.53 Å². The molecule has 1 saturated heterocycles. The van der Waals surface area contributed by atoms with Crippen LogP contribution >= 0.6 is 0 Å². The lowest BCUT2D eigenvalue weighted by Gasteiger charge is -2.31. The van der Waals surface area contributed by atoms with Crippen LogP contribution < -0.4 is 11.1 Å². The van der Waals surface area contributed by atoms with Gasteiger partial charge >= 0.3 is 0 Å². The van der Waals surface area contributed by atoms with E-state index in [0.29, 0.717) is 18.4 Å². The minimum atomic E-state index is 0.133. The van der Waals surface area contributed by atoms with E-state index >= 15 is 0 Å². The predicted octanol–water partition coefficient (Wildman–Crippen LogP) is 1.29. The van der Waals surface area contributed by atoms with Crippen molar-refractivity contribution in [2.75, 3.05) is 19.8 Å². The molecule has 0 aromatic rings. The van der Waals surface area contributed by atoms with Gasteiger partial charge in [-0.3, -0.25) is 4.79 Å². The van der Waals surface area contributed by atoms with Crippen molar-refractivity contribution in [3.05, 3.63) is 0 Å². The zero-order chi connectivity index (χ0) is 13.0. The quantitative estimate of drug-likeness (QED) is 0.794. The number of amides is 1. The molecule has 4 unspecified atom stereocenters. The standard InChI is InChI=1S/C14H26N2O2/c1-10(12-6-7-18-9-12)16-14(17)13-5-3-2-4-11(13)8-15/h10-13H,2-9,15H2,1H3,(H,16,17). The van der Waals surface area contributed by atoms with Gasteiger partial charge < -0.3 is 15.8 Å². The molecule has 18 heavy (non-hydrogen) atoms. The van der Waals surface area contributed by atoms with Crippen LogP contribution in [0.2, 0.25) is 0 Å². The molecule has 4 heteroatoms. The van der Waals surface area contributed by atoms with Gasteiger partial charge in [-0.2, -0.15) is 0 Å². The van der Waals surface area contributed by atoms with Crippen LogP contribution in [0, 0.1) is 17.8 Å². The molecule has 0 bridgehead atoms. The lowest BCUT2D eigenvalue weighted by molar-refractivity contribution is -0.128. The van der Waals surface area contributed by atoms with Crippen molar-refractivity contribution in [1.82, 2.24) is 5.32 Å². The summed E-state index contributed by atoms with van der Waals surface area (Å²) in [5, 5.41) is 3.18. The molecule has 1 amide bonds. The van der Waals surface area contributed by atoms with E-state index in [0.717, 1.165) is 38.9 Å². The van der Waals surface area contributed by atoms with Gasteiger partial charge in [-0.05, 0) is 38.6 Å². The molecule has 1 saturated carbocycles. The van der Waals surface area contributed by atoms with Gasteiger partial charge in [0.2, 0.25) is 5.91 Å². The molecule has 1 aliphatic carbocycles. The average molecular weight is 254 g/mol. The lowest BCUT2D eigenvalue weighted by Crippen LogP contribution is -2.45. The number of carbonyl (C=O) groups excluding carboxylic acids is 1. The maximum absolute atomic E-state index is 12.3. The normalized spacial score (nSPS) is 34.2. The molecule has 1 heterocycles. The number of hydrogen-bond acceptors (Lipinski definition) is 3. The van der Waals surface area contributed by atoms with Gasteiger partial charge in [-0.15, -0.1) is 0 Å². The smallest absolute Gasteiger partial charge is 0.223 e. The molecule has 104 valence electrons. The van der Waals surface area contributed by atoms with E-state index < -0.39 is 0 Å². The number of carbonyl (C=O) groups is 1. The first kappa shape index (κ1) is 13.8. The van der Waals surface area contributed by atoms with E-state index in [-0.39, 0.29) is 17.9 Å². The van der Waals surface area contributed by atoms with Crippen molar-refractivity contribution in [1.29, 1.82) is 0 Å². The molecule has 0 spiro atoms. The molecule has 0 aromatic heterocycles. The summed E-state index contributed by atoms with van der Waals surface area (Å²) in [6.45, 7) is 4.35. The number of nitrogens with one attached hydrogen (secondary N) is 1. The van der Waals surface area contributed by atoms with Crippen LogP contribution in [0.4, 0.5) is 0 Å². The van der Waals surface area contributed by atoms with Gasteiger partial charge in [0.05, 0.1) is 6.61 Å². The van der Waals surface area contributed by atoms with E-state index in [4.69, 9.17) is 10.5 Å². The van der Waals surface area contributed by atoms with Gasteiger partial charge in [-0.25, -0.2) is 0 Å². The van der Waals surface area contributed by atoms with Crippen LogP contribution in [0.15, 0.2) is 0 Å². The Balaban J connectivity index is 1.85. The number of ether oxygens (including phenoxy) is 1. The second-order valence-corrected chi connectivity index (χ2v) is 5.81. The fraction of sp³-hybridized carbons (Fsp3) is 0.929. The van der Waals surface area contributed by atoms with Gasteiger partial charge in [0, 0.05) is 24.5 Å². The topological polar surface area (TPSA) is 64.4 Å². The minimum absolute atomic E-state index is 0.133. The van der Waals surface area contributed by atoms with E-state index in [2.05, 4.69) is 12.2 Å². The van der Waals surface area contributed by atoms with Gasteiger partial charge in [-0.1, -0.05) is 12.8 Å². The highest BCUT2D eigenvalue weighted by atomic mass is 16.5. The molecule has 0 aromatic carbocycles. The number of hydrogen-bond donors (Lipinski definition) is 2. The first-order valence-corrected chi connectivity index (χ1v) is 7.30. The molecule has 4 nitrogen and oxygen atoms in total. The van der Waals surface area contributed by atoms with Crippen molar-refractivity contribution in [2.45, 2.75) is 45.1 Å². The Kier molecular flexibility index (Phi) is 5.01. The number of nitrogens with two attached hydrogens (primary N) is 1. The number of rotatable bonds is 4. The largest absolute Gasteiger partial charge is 0.381 e. The Labute approximate surface area is 110 Å². The van der Waals surface area contributed by atoms with E-state index in [9.17, 15) is 4.79 Å². The second kappa shape index (κ2) is 6.53. The molecule has 4 atom stereocenters.